The molecule has 2 aromatic heterocycles. The van der Waals surface area contributed by atoms with Crippen LogP contribution in [0.2, 0.25) is 0 Å². The largest absolute Gasteiger partial charge is 0.342 e. The van der Waals surface area contributed by atoms with E-state index < -0.39 is 0 Å². The molecule has 0 aromatic carbocycles. The van der Waals surface area contributed by atoms with Crippen molar-refractivity contribution in [2.75, 3.05) is 0 Å². The van der Waals surface area contributed by atoms with Gasteiger partial charge in [-0.05, 0) is 18.6 Å². The molecule has 0 spiro atoms. The van der Waals surface area contributed by atoms with E-state index in [1.165, 1.54) is 0 Å². The topological polar surface area (TPSA) is 41.6 Å². The smallest absolute Gasteiger partial charge is 0.106 e. The van der Waals surface area contributed by atoms with Crippen LogP contribution >= 0.6 is 0 Å². The lowest BCUT2D eigenvalue weighted by atomic mass is 10.2. The Hall–Kier alpha value is -1.64. The quantitative estimate of drug-likeness (QED) is 0.801. The number of hydrogen-bond acceptors (Lipinski definition) is 2. The first-order valence-electron chi connectivity index (χ1n) is 4.84. The summed E-state index contributed by atoms with van der Waals surface area (Å²) in [6, 6.07) is 3.95. The van der Waals surface area contributed by atoms with Crippen molar-refractivity contribution in [2.24, 2.45) is 0 Å². The zero-order valence-electron chi connectivity index (χ0n) is 8.20. The van der Waals surface area contributed by atoms with Gasteiger partial charge in [-0.15, -0.1) is 0 Å². The highest BCUT2D eigenvalue weighted by Gasteiger charge is 2.01. The first kappa shape index (κ1) is 8.94. The van der Waals surface area contributed by atoms with Crippen molar-refractivity contribution in [3.63, 3.8) is 0 Å². The fourth-order valence-corrected chi connectivity index (χ4v) is 1.40. The summed E-state index contributed by atoms with van der Waals surface area (Å²) in [6.07, 6.45) is 7.57. The summed E-state index contributed by atoms with van der Waals surface area (Å²) in [5.41, 5.74) is 2.20. The van der Waals surface area contributed by atoms with Crippen LogP contribution in [0.4, 0.5) is 0 Å². The second-order valence-electron chi connectivity index (χ2n) is 3.23. The molecule has 2 aromatic rings. The number of aromatic amines is 1. The Labute approximate surface area is 83.2 Å². The highest BCUT2D eigenvalue weighted by molar-refractivity contribution is 5.57. The predicted octanol–water partition coefficient (Wildman–Crippen LogP) is 2.42. The third-order valence-corrected chi connectivity index (χ3v) is 2.11. The van der Waals surface area contributed by atoms with E-state index in [2.05, 4.69) is 21.9 Å². The molecular formula is C11H13N3. The molecule has 3 heteroatoms. The van der Waals surface area contributed by atoms with Crippen LogP contribution in [0.25, 0.3) is 11.3 Å². The zero-order valence-corrected chi connectivity index (χ0v) is 8.20. The molecule has 0 fully saturated rings. The van der Waals surface area contributed by atoms with Gasteiger partial charge in [0.2, 0.25) is 0 Å². The second kappa shape index (κ2) is 4.05. The van der Waals surface area contributed by atoms with E-state index >= 15 is 0 Å². The van der Waals surface area contributed by atoms with Crippen molar-refractivity contribution in [1.29, 1.82) is 0 Å². The Balaban J connectivity index is 2.25. The van der Waals surface area contributed by atoms with Gasteiger partial charge in [-0.25, -0.2) is 4.98 Å². The molecule has 0 bridgehead atoms. The summed E-state index contributed by atoms with van der Waals surface area (Å²) in [6.45, 7) is 2.15. The van der Waals surface area contributed by atoms with E-state index in [1.807, 2.05) is 18.3 Å². The van der Waals surface area contributed by atoms with Gasteiger partial charge in [-0.3, -0.25) is 4.98 Å². The molecule has 0 atom stereocenters. The number of hydrogen-bond donors (Lipinski definition) is 1. The average Bonchev–Trinajstić information content (AvgIpc) is 2.68. The molecular weight excluding hydrogens is 174 g/mol. The minimum absolute atomic E-state index is 1.01. The van der Waals surface area contributed by atoms with Gasteiger partial charge in [0.15, 0.2) is 0 Å². The summed E-state index contributed by atoms with van der Waals surface area (Å²) < 4.78 is 0. The lowest BCUT2D eigenvalue weighted by Gasteiger charge is -1.95. The molecule has 0 aliphatic carbocycles. The molecule has 0 aliphatic rings. The molecule has 14 heavy (non-hydrogen) atoms. The standard InChI is InChI=1S/C11H13N3/c1-2-3-11-13-8-10(14-11)9-4-6-12-7-5-9/h4-8H,2-3H2,1H3,(H,13,14). The van der Waals surface area contributed by atoms with Crippen molar-refractivity contribution >= 4 is 0 Å². The van der Waals surface area contributed by atoms with Crippen LogP contribution in [0, 0.1) is 0 Å². The van der Waals surface area contributed by atoms with Gasteiger partial charge in [-0.1, -0.05) is 6.92 Å². The molecule has 2 rings (SSSR count). The Morgan fingerprint density at radius 1 is 1.29 bits per heavy atom. The summed E-state index contributed by atoms with van der Waals surface area (Å²) in [5.74, 6) is 1.05. The van der Waals surface area contributed by atoms with Gasteiger partial charge in [0, 0.05) is 24.4 Å². The predicted molar refractivity (Wildman–Crippen MR) is 55.8 cm³/mol. The molecule has 0 aliphatic heterocycles. The molecule has 0 amide bonds. The number of imidazole rings is 1. The van der Waals surface area contributed by atoms with Crippen LogP contribution in [0.15, 0.2) is 30.7 Å². The van der Waals surface area contributed by atoms with E-state index in [4.69, 9.17) is 0 Å². The lowest BCUT2D eigenvalue weighted by Crippen LogP contribution is -1.85. The first-order chi connectivity index (χ1) is 6.90. The number of nitrogens with zero attached hydrogens (tertiary/aromatic N) is 2. The Morgan fingerprint density at radius 2 is 2.07 bits per heavy atom. The monoisotopic (exact) mass is 187 g/mol. The second-order valence-corrected chi connectivity index (χ2v) is 3.23. The van der Waals surface area contributed by atoms with Crippen LogP contribution in [0.3, 0.4) is 0 Å². The van der Waals surface area contributed by atoms with Gasteiger partial charge in [0.25, 0.3) is 0 Å². The normalized spacial score (nSPS) is 10.4. The number of rotatable bonds is 3. The highest BCUT2D eigenvalue weighted by atomic mass is 14.9. The molecule has 0 saturated carbocycles. The van der Waals surface area contributed by atoms with Gasteiger partial charge in [0.1, 0.15) is 5.82 Å². The Kier molecular flexibility index (Phi) is 2.58. The highest BCUT2D eigenvalue weighted by Crippen LogP contribution is 2.15. The van der Waals surface area contributed by atoms with Crippen LogP contribution in [-0.4, -0.2) is 15.0 Å². The van der Waals surface area contributed by atoms with Gasteiger partial charge in [0.05, 0.1) is 11.9 Å². The van der Waals surface area contributed by atoms with E-state index in [9.17, 15) is 0 Å². The lowest BCUT2D eigenvalue weighted by molar-refractivity contribution is 0.857. The van der Waals surface area contributed by atoms with Crippen molar-refractivity contribution < 1.29 is 0 Å². The summed E-state index contributed by atoms with van der Waals surface area (Å²) in [5, 5.41) is 0. The molecule has 2 heterocycles. The van der Waals surface area contributed by atoms with E-state index in [0.29, 0.717) is 0 Å². The zero-order chi connectivity index (χ0) is 9.80. The maximum Gasteiger partial charge on any atom is 0.106 e. The van der Waals surface area contributed by atoms with E-state index in [-0.39, 0.29) is 0 Å². The number of aromatic nitrogens is 3. The van der Waals surface area contributed by atoms with E-state index in [0.717, 1.165) is 29.9 Å². The van der Waals surface area contributed by atoms with Gasteiger partial charge >= 0.3 is 0 Å². The Bertz CT molecular complexity index is 392. The van der Waals surface area contributed by atoms with Gasteiger partial charge < -0.3 is 4.98 Å². The number of aryl methyl sites for hydroxylation is 1. The molecule has 0 radical (unpaired) electrons. The minimum Gasteiger partial charge on any atom is -0.342 e. The third kappa shape index (κ3) is 1.82. The van der Waals surface area contributed by atoms with Crippen LogP contribution in [0.1, 0.15) is 19.2 Å². The summed E-state index contributed by atoms with van der Waals surface area (Å²) in [4.78, 5) is 11.6. The molecule has 1 N–H and O–H groups in total. The molecule has 72 valence electrons. The number of nitrogens with one attached hydrogen (secondary N) is 1. The van der Waals surface area contributed by atoms with Crippen LogP contribution < -0.4 is 0 Å². The summed E-state index contributed by atoms with van der Waals surface area (Å²) in [7, 11) is 0. The fourth-order valence-electron chi connectivity index (χ4n) is 1.40. The van der Waals surface area contributed by atoms with Gasteiger partial charge in [-0.2, -0.15) is 0 Å². The average molecular weight is 187 g/mol. The molecule has 0 unspecified atom stereocenters. The first-order valence-corrected chi connectivity index (χ1v) is 4.84. The van der Waals surface area contributed by atoms with Crippen molar-refractivity contribution in [2.45, 2.75) is 19.8 Å². The van der Waals surface area contributed by atoms with E-state index in [1.54, 1.807) is 12.4 Å². The van der Waals surface area contributed by atoms with Crippen LogP contribution in [-0.2, 0) is 6.42 Å². The molecule has 0 saturated heterocycles. The van der Waals surface area contributed by atoms with Crippen molar-refractivity contribution in [1.82, 2.24) is 15.0 Å². The number of H-pyrrole nitrogens is 1. The Morgan fingerprint density at radius 3 is 2.79 bits per heavy atom. The maximum absolute atomic E-state index is 4.31. The van der Waals surface area contributed by atoms with Crippen LogP contribution in [0.5, 0.6) is 0 Å². The van der Waals surface area contributed by atoms with Crippen molar-refractivity contribution in [3.8, 4) is 11.3 Å². The molecule has 3 nitrogen and oxygen atoms in total. The third-order valence-electron chi connectivity index (χ3n) is 2.11. The summed E-state index contributed by atoms with van der Waals surface area (Å²) >= 11 is 0. The number of pyridine rings is 1. The maximum atomic E-state index is 4.31. The van der Waals surface area contributed by atoms with Crippen molar-refractivity contribution in [3.05, 3.63) is 36.5 Å². The fraction of sp³-hybridized carbons (Fsp3) is 0.273. The minimum atomic E-state index is 1.01. The SMILES string of the molecule is CCCc1ncc(-c2ccncc2)[nH]1.